The summed E-state index contributed by atoms with van der Waals surface area (Å²) in [4.78, 5) is 15.0. The first-order chi connectivity index (χ1) is 15.3. The highest BCUT2D eigenvalue weighted by atomic mass is 32.2. The summed E-state index contributed by atoms with van der Waals surface area (Å²) >= 11 is 0. The van der Waals surface area contributed by atoms with Gasteiger partial charge in [0.15, 0.2) is 0 Å². The average Bonchev–Trinajstić information content (AvgIpc) is 3.63. The number of nitrogens with zero attached hydrogens (tertiary/aromatic N) is 2. The SMILES string of the molecule is CC(C)c1ccc(CN(C(=O)C2CCN(S(=O)(=O)c3ccccc3F)CC2)C2CC2)cc1. The third-order valence-electron chi connectivity index (χ3n) is 6.53. The normalized spacial score (nSPS) is 18.1. The molecule has 7 heteroatoms. The van der Waals surface area contributed by atoms with Crippen molar-refractivity contribution in [2.45, 2.75) is 62.9 Å². The average molecular weight is 459 g/mol. The van der Waals surface area contributed by atoms with Gasteiger partial charge in [0.1, 0.15) is 10.7 Å². The molecule has 0 radical (unpaired) electrons. The van der Waals surface area contributed by atoms with Crippen LogP contribution in [0.5, 0.6) is 0 Å². The second-order valence-electron chi connectivity index (χ2n) is 9.20. The van der Waals surface area contributed by atoms with Crippen LogP contribution in [0.25, 0.3) is 0 Å². The van der Waals surface area contributed by atoms with E-state index in [-0.39, 0.29) is 35.9 Å². The molecule has 2 aromatic rings. The van der Waals surface area contributed by atoms with E-state index in [2.05, 4.69) is 38.1 Å². The van der Waals surface area contributed by atoms with Gasteiger partial charge in [-0.25, -0.2) is 12.8 Å². The van der Waals surface area contributed by atoms with E-state index in [4.69, 9.17) is 0 Å². The Kier molecular flexibility index (Phi) is 6.67. The fraction of sp³-hybridized carbons (Fsp3) is 0.480. The largest absolute Gasteiger partial charge is 0.335 e. The molecule has 0 aromatic heterocycles. The number of hydrogen-bond acceptors (Lipinski definition) is 3. The molecule has 0 unspecified atom stereocenters. The van der Waals surface area contributed by atoms with Crippen molar-refractivity contribution in [3.63, 3.8) is 0 Å². The summed E-state index contributed by atoms with van der Waals surface area (Å²) in [6.45, 7) is 5.38. The van der Waals surface area contributed by atoms with Crippen molar-refractivity contribution >= 4 is 15.9 Å². The molecule has 0 spiro atoms. The third kappa shape index (κ3) is 4.89. The van der Waals surface area contributed by atoms with Crippen LogP contribution in [0.1, 0.15) is 56.6 Å². The van der Waals surface area contributed by atoms with Gasteiger partial charge in [0, 0.05) is 31.6 Å². The van der Waals surface area contributed by atoms with E-state index in [1.165, 1.54) is 28.1 Å². The van der Waals surface area contributed by atoms with Crippen LogP contribution in [0.4, 0.5) is 4.39 Å². The lowest BCUT2D eigenvalue weighted by Gasteiger charge is -2.34. The molecule has 0 N–H and O–H groups in total. The van der Waals surface area contributed by atoms with E-state index in [9.17, 15) is 17.6 Å². The molecule has 2 aromatic carbocycles. The van der Waals surface area contributed by atoms with Crippen molar-refractivity contribution in [1.29, 1.82) is 0 Å². The maximum Gasteiger partial charge on any atom is 0.245 e. The fourth-order valence-electron chi connectivity index (χ4n) is 4.35. The quantitative estimate of drug-likeness (QED) is 0.612. The van der Waals surface area contributed by atoms with Crippen LogP contribution in [0.15, 0.2) is 53.4 Å². The van der Waals surface area contributed by atoms with E-state index < -0.39 is 15.8 Å². The van der Waals surface area contributed by atoms with Crippen LogP contribution in [0.2, 0.25) is 0 Å². The highest BCUT2D eigenvalue weighted by Crippen LogP contribution is 2.33. The molecule has 2 aliphatic rings. The molecule has 1 aliphatic heterocycles. The molecule has 32 heavy (non-hydrogen) atoms. The van der Waals surface area contributed by atoms with Crippen LogP contribution < -0.4 is 0 Å². The van der Waals surface area contributed by atoms with E-state index in [1.54, 1.807) is 0 Å². The predicted octanol–water partition coefficient (Wildman–Crippen LogP) is 4.54. The van der Waals surface area contributed by atoms with Gasteiger partial charge in [-0.1, -0.05) is 50.2 Å². The van der Waals surface area contributed by atoms with Crippen LogP contribution in [0, 0.1) is 11.7 Å². The number of piperidine rings is 1. The molecule has 172 valence electrons. The van der Waals surface area contributed by atoms with E-state index in [1.807, 2.05) is 4.90 Å². The lowest BCUT2D eigenvalue weighted by atomic mass is 9.96. The Morgan fingerprint density at radius 1 is 1.03 bits per heavy atom. The number of hydrogen-bond donors (Lipinski definition) is 0. The zero-order chi connectivity index (χ0) is 22.9. The molecule has 0 atom stereocenters. The molecule has 1 amide bonds. The molecular formula is C25H31FN2O3S. The van der Waals surface area contributed by atoms with Gasteiger partial charge in [-0.15, -0.1) is 0 Å². The Balaban J connectivity index is 1.41. The Bertz CT molecular complexity index is 1060. The molecular weight excluding hydrogens is 427 g/mol. The Morgan fingerprint density at radius 2 is 1.66 bits per heavy atom. The lowest BCUT2D eigenvalue weighted by molar-refractivity contribution is -0.138. The minimum Gasteiger partial charge on any atom is -0.335 e. The van der Waals surface area contributed by atoms with Crippen molar-refractivity contribution in [2.75, 3.05) is 13.1 Å². The number of rotatable bonds is 7. The maximum atomic E-state index is 14.1. The van der Waals surface area contributed by atoms with Crippen molar-refractivity contribution < 1.29 is 17.6 Å². The van der Waals surface area contributed by atoms with Crippen molar-refractivity contribution in [3.8, 4) is 0 Å². The molecule has 1 aliphatic carbocycles. The molecule has 1 saturated carbocycles. The summed E-state index contributed by atoms with van der Waals surface area (Å²) in [6.07, 6.45) is 2.97. The maximum absolute atomic E-state index is 14.1. The molecule has 0 bridgehead atoms. The molecule has 2 fully saturated rings. The van der Waals surface area contributed by atoms with Crippen LogP contribution in [-0.2, 0) is 21.4 Å². The minimum atomic E-state index is -3.89. The smallest absolute Gasteiger partial charge is 0.245 e. The van der Waals surface area contributed by atoms with Crippen molar-refractivity contribution in [1.82, 2.24) is 9.21 Å². The number of sulfonamides is 1. The highest BCUT2D eigenvalue weighted by Gasteiger charge is 2.39. The Morgan fingerprint density at radius 3 is 2.22 bits per heavy atom. The number of amides is 1. The highest BCUT2D eigenvalue weighted by molar-refractivity contribution is 7.89. The summed E-state index contributed by atoms with van der Waals surface area (Å²) in [5, 5.41) is 0. The van der Waals surface area contributed by atoms with Gasteiger partial charge in [0.2, 0.25) is 15.9 Å². The predicted molar refractivity (Wildman–Crippen MR) is 122 cm³/mol. The van der Waals surface area contributed by atoms with Gasteiger partial charge < -0.3 is 4.90 Å². The number of carbonyl (C=O) groups excluding carboxylic acids is 1. The lowest BCUT2D eigenvalue weighted by Crippen LogP contribution is -2.45. The number of carbonyl (C=O) groups is 1. The second kappa shape index (κ2) is 9.32. The number of halogens is 1. The van der Waals surface area contributed by atoms with Crippen molar-refractivity contribution in [3.05, 3.63) is 65.5 Å². The first-order valence-electron chi connectivity index (χ1n) is 11.4. The van der Waals surface area contributed by atoms with Gasteiger partial charge in [-0.2, -0.15) is 4.31 Å². The van der Waals surface area contributed by atoms with E-state index >= 15 is 0 Å². The summed E-state index contributed by atoms with van der Waals surface area (Å²) in [5.41, 5.74) is 2.40. The Labute approximate surface area is 190 Å². The monoisotopic (exact) mass is 458 g/mol. The summed E-state index contributed by atoms with van der Waals surface area (Å²) < 4.78 is 41.1. The van der Waals surface area contributed by atoms with E-state index in [0.717, 1.165) is 24.5 Å². The van der Waals surface area contributed by atoms with Crippen molar-refractivity contribution in [2.24, 2.45) is 5.92 Å². The van der Waals surface area contributed by atoms with Gasteiger partial charge in [0.05, 0.1) is 0 Å². The first kappa shape index (κ1) is 22.9. The molecule has 1 heterocycles. The summed E-state index contributed by atoms with van der Waals surface area (Å²) in [5.74, 6) is -0.355. The number of benzene rings is 2. The van der Waals surface area contributed by atoms with Crippen LogP contribution in [0.3, 0.4) is 0 Å². The third-order valence-corrected chi connectivity index (χ3v) is 8.46. The van der Waals surface area contributed by atoms with Gasteiger partial charge in [-0.05, 0) is 54.9 Å². The fourth-order valence-corrected chi connectivity index (χ4v) is 5.88. The minimum absolute atomic E-state index is 0.114. The van der Waals surface area contributed by atoms with E-state index in [0.29, 0.717) is 25.3 Å². The molecule has 1 saturated heterocycles. The van der Waals surface area contributed by atoms with Crippen LogP contribution >= 0.6 is 0 Å². The topological polar surface area (TPSA) is 57.7 Å². The Hall–Kier alpha value is -2.25. The molecule has 4 rings (SSSR count). The van der Waals surface area contributed by atoms with Gasteiger partial charge in [-0.3, -0.25) is 4.79 Å². The van der Waals surface area contributed by atoms with Gasteiger partial charge >= 0.3 is 0 Å². The van der Waals surface area contributed by atoms with Gasteiger partial charge in [0.25, 0.3) is 0 Å². The zero-order valence-corrected chi connectivity index (χ0v) is 19.5. The molecule has 5 nitrogen and oxygen atoms in total. The summed E-state index contributed by atoms with van der Waals surface area (Å²) in [6, 6.07) is 14.2. The van der Waals surface area contributed by atoms with Crippen LogP contribution in [-0.4, -0.2) is 42.7 Å². The zero-order valence-electron chi connectivity index (χ0n) is 18.7. The summed E-state index contributed by atoms with van der Waals surface area (Å²) in [7, 11) is -3.89. The first-order valence-corrected chi connectivity index (χ1v) is 12.9. The standard InChI is InChI=1S/C25H31FN2O3S/c1-18(2)20-9-7-19(8-10-20)17-28(22-11-12-22)25(29)21-13-15-27(16-14-21)32(30,31)24-6-4-3-5-23(24)26/h3-10,18,21-22H,11-17H2,1-2H3. The second-order valence-corrected chi connectivity index (χ2v) is 11.1.